The van der Waals surface area contributed by atoms with Crippen molar-refractivity contribution >= 4 is 5.91 Å². The van der Waals surface area contributed by atoms with Crippen LogP contribution in [0.5, 0.6) is 0 Å². The summed E-state index contributed by atoms with van der Waals surface area (Å²) in [6.07, 6.45) is 0.467. The van der Waals surface area contributed by atoms with E-state index in [0.29, 0.717) is 13.0 Å². The van der Waals surface area contributed by atoms with Gasteiger partial charge in [-0.3, -0.25) is 4.79 Å². The van der Waals surface area contributed by atoms with Gasteiger partial charge in [0.05, 0.1) is 0 Å². The molecular formula is C15H24N2O. The van der Waals surface area contributed by atoms with E-state index < -0.39 is 0 Å². The summed E-state index contributed by atoms with van der Waals surface area (Å²) in [5.74, 6) is 0.178. The topological polar surface area (TPSA) is 46.3 Å². The number of rotatable bonds is 6. The van der Waals surface area contributed by atoms with Crippen LogP contribution in [0.3, 0.4) is 0 Å². The lowest BCUT2D eigenvalue weighted by atomic mass is 9.79. The smallest absolute Gasteiger partial charge is 0.223 e. The normalized spacial score (nSPS) is 14.0. The number of nitrogens with two attached hydrogens (primary N) is 1. The summed E-state index contributed by atoms with van der Waals surface area (Å²) in [6.45, 7) is 8.05. The van der Waals surface area contributed by atoms with Crippen LogP contribution in [0, 0.1) is 0 Å². The average molecular weight is 248 g/mol. The Morgan fingerprint density at radius 3 is 2.22 bits per heavy atom. The molecule has 1 amide bonds. The molecule has 18 heavy (non-hydrogen) atoms. The molecule has 1 unspecified atom stereocenters. The minimum Gasteiger partial charge on any atom is -0.343 e. The number of amides is 1. The number of hydrogen-bond acceptors (Lipinski definition) is 2. The third-order valence-electron chi connectivity index (χ3n) is 3.58. The van der Waals surface area contributed by atoms with E-state index in [2.05, 4.69) is 6.92 Å². The maximum Gasteiger partial charge on any atom is 0.223 e. The highest BCUT2D eigenvalue weighted by molar-refractivity contribution is 5.77. The first-order chi connectivity index (χ1) is 8.57. The van der Waals surface area contributed by atoms with E-state index in [-0.39, 0.29) is 11.3 Å². The van der Waals surface area contributed by atoms with Crippen molar-refractivity contribution in [2.75, 3.05) is 19.6 Å². The molecule has 0 aliphatic carbocycles. The van der Waals surface area contributed by atoms with Crippen LogP contribution in [0.15, 0.2) is 30.3 Å². The van der Waals surface area contributed by atoms with E-state index in [9.17, 15) is 4.79 Å². The van der Waals surface area contributed by atoms with E-state index in [1.807, 2.05) is 49.1 Å². The van der Waals surface area contributed by atoms with Gasteiger partial charge in [0.2, 0.25) is 5.91 Å². The van der Waals surface area contributed by atoms with Crippen LogP contribution >= 0.6 is 0 Å². The molecule has 2 N–H and O–H groups in total. The molecule has 0 aliphatic heterocycles. The van der Waals surface area contributed by atoms with Gasteiger partial charge >= 0.3 is 0 Å². The van der Waals surface area contributed by atoms with Gasteiger partial charge in [0.1, 0.15) is 0 Å². The van der Waals surface area contributed by atoms with Crippen molar-refractivity contribution in [2.45, 2.75) is 32.6 Å². The quantitative estimate of drug-likeness (QED) is 0.838. The molecule has 0 heterocycles. The van der Waals surface area contributed by atoms with Gasteiger partial charge in [-0.15, -0.1) is 0 Å². The van der Waals surface area contributed by atoms with Crippen LogP contribution in [0.1, 0.15) is 32.8 Å². The number of benzene rings is 1. The van der Waals surface area contributed by atoms with Gasteiger partial charge in [0.15, 0.2) is 0 Å². The molecule has 0 aliphatic rings. The van der Waals surface area contributed by atoms with Crippen LogP contribution < -0.4 is 5.73 Å². The molecule has 0 bridgehead atoms. The predicted octanol–water partition coefficient (Wildman–Crippen LogP) is 2.16. The Hall–Kier alpha value is -1.35. The average Bonchev–Trinajstić information content (AvgIpc) is 2.41. The summed E-state index contributed by atoms with van der Waals surface area (Å²) >= 11 is 0. The minimum absolute atomic E-state index is 0.178. The Bertz CT molecular complexity index is 373. The molecule has 1 aromatic carbocycles. The van der Waals surface area contributed by atoms with Gasteiger partial charge in [0.25, 0.3) is 0 Å². The van der Waals surface area contributed by atoms with Gasteiger partial charge in [-0.2, -0.15) is 0 Å². The molecule has 1 aromatic rings. The fourth-order valence-corrected chi connectivity index (χ4v) is 2.15. The molecule has 3 heteroatoms. The first-order valence-electron chi connectivity index (χ1n) is 6.60. The Balaban J connectivity index is 2.87. The third kappa shape index (κ3) is 3.33. The Labute approximate surface area is 110 Å². The van der Waals surface area contributed by atoms with Crippen molar-refractivity contribution < 1.29 is 4.79 Å². The largest absolute Gasteiger partial charge is 0.343 e. The summed E-state index contributed by atoms with van der Waals surface area (Å²) in [4.78, 5) is 14.1. The monoisotopic (exact) mass is 248 g/mol. The molecule has 0 radical (unpaired) electrons. The molecule has 3 nitrogen and oxygen atoms in total. The Morgan fingerprint density at radius 2 is 1.78 bits per heavy atom. The molecular weight excluding hydrogens is 224 g/mol. The lowest BCUT2D eigenvalue weighted by molar-refractivity contribution is -0.132. The van der Waals surface area contributed by atoms with Gasteiger partial charge in [-0.25, -0.2) is 0 Å². The maximum absolute atomic E-state index is 12.2. The summed E-state index contributed by atoms with van der Waals surface area (Å²) in [7, 11) is 0. The molecule has 0 fully saturated rings. The highest BCUT2D eigenvalue weighted by Gasteiger charge is 2.29. The molecule has 100 valence electrons. The number of carbonyl (C=O) groups excluding carboxylic acids is 1. The third-order valence-corrected chi connectivity index (χ3v) is 3.58. The number of nitrogens with zero attached hydrogens (tertiary/aromatic N) is 1. The van der Waals surface area contributed by atoms with Crippen molar-refractivity contribution in [1.29, 1.82) is 0 Å². The lowest BCUT2D eigenvalue weighted by Crippen LogP contribution is -2.40. The zero-order valence-corrected chi connectivity index (χ0v) is 11.6. The van der Waals surface area contributed by atoms with Gasteiger partial charge in [-0.1, -0.05) is 37.3 Å². The summed E-state index contributed by atoms with van der Waals surface area (Å²) < 4.78 is 0. The van der Waals surface area contributed by atoms with E-state index in [1.54, 1.807) is 0 Å². The van der Waals surface area contributed by atoms with Crippen molar-refractivity contribution in [2.24, 2.45) is 5.73 Å². The van der Waals surface area contributed by atoms with Gasteiger partial charge in [-0.05, 0) is 19.4 Å². The molecule has 1 atom stereocenters. The predicted molar refractivity (Wildman–Crippen MR) is 75.4 cm³/mol. The lowest BCUT2D eigenvalue weighted by Gasteiger charge is -2.30. The second kappa shape index (κ2) is 6.55. The van der Waals surface area contributed by atoms with Crippen molar-refractivity contribution in [3.8, 4) is 0 Å². The highest BCUT2D eigenvalue weighted by atomic mass is 16.2. The minimum atomic E-state index is -0.277. The first-order valence-corrected chi connectivity index (χ1v) is 6.60. The summed E-state index contributed by atoms with van der Waals surface area (Å²) in [5.41, 5.74) is 6.76. The zero-order chi connectivity index (χ0) is 13.6. The van der Waals surface area contributed by atoms with Crippen molar-refractivity contribution in [1.82, 2.24) is 4.90 Å². The van der Waals surface area contributed by atoms with E-state index >= 15 is 0 Å². The second-order valence-corrected chi connectivity index (χ2v) is 4.87. The van der Waals surface area contributed by atoms with E-state index in [0.717, 1.165) is 18.7 Å². The molecule has 0 aromatic heterocycles. The van der Waals surface area contributed by atoms with Crippen LogP contribution in [0.25, 0.3) is 0 Å². The van der Waals surface area contributed by atoms with Crippen LogP contribution in [0.4, 0.5) is 0 Å². The number of carbonyl (C=O) groups is 1. The molecule has 1 rings (SSSR count). The van der Waals surface area contributed by atoms with Gasteiger partial charge < -0.3 is 10.6 Å². The fourth-order valence-electron chi connectivity index (χ4n) is 2.15. The Morgan fingerprint density at radius 1 is 1.22 bits per heavy atom. The van der Waals surface area contributed by atoms with E-state index in [1.165, 1.54) is 0 Å². The summed E-state index contributed by atoms with van der Waals surface area (Å²) in [6, 6.07) is 10.0. The van der Waals surface area contributed by atoms with Crippen LogP contribution in [-0.4, -0.2) is 30.4 Å². The maximum atomic E-state index is 12.2. The van der Waals surface area contributed by atoms with Crippen molar-refractivity contribution in [3.05, 3.63) is 35.9 Å². The van der Waals surface area contributed by atoms with Gasteiger partial charge in [0, 0.05) is 31.5 Å². The fraction of sp³-hybridized carbons (Fsp3) is 0.533. The Kier molecular flexibility index (Phi) is 5.35. The number of hydrogen-bond donors (Lipinski definition) is 1. The van der Waals surface area contributed by atoms with Crippen LogP contribution in [0.2, 0.25) is 0 Å². The second-order valence-electron chi connectivity index (χ2n) is 4.87. The molecule has 0 saturated heterocycles. The van der Waals surface area contributed by atoms with Crippen molar-refractivity contribution in [3.63, 3.8) is 0 Å². The first kappa shape index (κ1) is 14.7. The SMILES string of the molecule is CCN(CC)C(=O)CC(C)(CN)c1ccccc1. The molecule has 0 spiro atoms. The highest BCUT2D eigenvalue weighted by Crippen LogP contribution is 2.27. The van der Waals surface area contributed by atoms with E-state index in [4.69, 9.17) is 5.73 Å². The standard InChI is InChI=1S/C15H24N2O/c1-4-17(5-2)14(18)11-15(3,12-16)13-9-7-6-8-10-13/h6-10H,4-5,11-12,16H2,1-3H3. The summed E-state index contributed by atoms with van der Waals surface area (Å²) in [5, 5.41) is 0. The van der Waals surface area contributed by atoms with Crippen LogP contribution in [-0.2, 0) is 10.2 Å². The molecule has 0 saturated carbocycles. The zero-order valence-electron chi connectivity index (χ0n) is 11.6.